The second kappa shape index (κ2) is 6.07. The number of hydrogen-bond acceptors (Lipinski definition) is 3. The van der Waals surface area contributed by atoms with Gasteiger partial charge < -0.3 is 4.74 Å². The first-order valence-electron chi connectivity index (χ1n) is 6.22. The number of rotatable bonds is 4. The molecule has 0 radical (unpaired) electrons. The van der Waals surface area contributed by atoms with E-state index >= 15 is 0 Å². The van der Waals surface area contributed by atoms with E-state index in [0.29, 0.717) is 0 Å². The predicted octanol–water partition coefficient (Wildman–Crippen LogP) is 3.83. The van der Waals surface area contributed by atoms with Gasteiger partial charge in [0.25, 0.3) is 10.0 Å². The molecule has 0 aliphatic heterocycles. The van der Waals surface area contributed by atoms with Crippen LogP contribution in [0.5, 0.6) is 5.75 Å². The molecule has 0 aliphatic rings. The molecule has 0 atom stereocenters. The molecule has 4 nitrogen and oxygen atoms in total. The molecule has 2 aromatic carbocycles. The molecule has 0 spiro atoms. The van der Waals surface area contributed by atoms with E-state index < -0.39 is 28.0 Å². The molecule has 0 saturated carbocycles. The molecule has 0 fully saturated rings. The van der Waals surface area contributed by atoms with E-state index in [2.05, 4.69) is 4.74 Å². The van der Waals surface area contributed by atoms with Crippen molar-refractivity contribution < 1.29 is 30.7 Å². The molecule has 2 aromatic rings. The Bertz CT molecular complexity index is 819. The Balaban J connectivity index is 2.38. The van der Waals surface area contributed by atoms with E-state index in [9.17, 15) is 26.0 Å². The van der Waals surface area contributed by atoms with Crippen molar-refractivity contribution in [3.8, 4) is 5.75 Å². The number of nitrogens with one attached hydrogen (secondary N) is 1. The summed E-state index contributed by atoms with van der Waals surface area (Å²) in [5, 5.41) is 0. The van der Waals surface area contributed by atoms with Gasteiger partial charge in [-0.3, -0.25) is 4.72 Å². The van der Waals surface area contributed by atoms with Gasteiger partial charge in [-0.25, -0.2) is 12.8 Å². The summed E-state index contributed by atoms with van der Waals surface area (Å²) in [6.45, 7) is 1.37. The number of benzene rings is 2. The third kappa shape index (κ3) is 4.35. The lowest BCUT2D eigenvalue weighted by molar-refractivity contribution is -0.274. The van der Waals surface area contributed by atoms with Gasteiger partial charge in [0.2, 0.25) is 0 Å². The zero-order valence-corrected chi connectivity index (χ0v) is 12.5. The van der Waals surface area contributed by atoms with Gasteiger partial charge in [-0.1, -0.05) is 12.1 Å². The average Bonchev–Trinajstić information content (AvgIpc) is 2.38. The molecule has 0 aliphatic carbocycles. The molecular weight excluding hydrogens is 338 g/mol. The van der Waals surface area contributed by atoms with Crippen LogP contribution in [0.25, 0.3) is 0 Å². The van der Waals surface area contributed by atoms with Crippen molar-refractivity contribution >= 4 is 15.7 Å². The summed E-state index contributed by atoms with van der Waals surface area (Å²) in [4.78, 5) is -0.249. The Labute approximate surface area is 129 Å². The third-order valence-corrected chi connectivity index (χ3v) is 4.31. The van der Waals surface area contributed by atoms with Crippen LogP contribution < -0.4 is 9.46 Å². The molecule has 0 aromatic heterocycles. The van der Waals surface area contributed by atoms with Crippen molar-refractivity contribution in [3.05, 3.63) is 53.8 Å². The molecule has 9 heteroatoms. The highest BCUT2D eigenvalue weighted by Gasteiger charge is 2.32. The van der Waals surface area contributed by atoms with Crippen LogP contribution in [0.3, 0.4) is 0 Å². The Kier molecular flexibility index (Phi) is 4.51. The normalized spacial score (nSPS) is 12.0. The van der Waals surface area contributed by atoms with Crippen molar-refractivity contribution in [3.63, 3.8) is 0 Å². The van der Waals surface area contributed by atoms with Crippen LogP contribution in [-0.2, 0) is 10.0 Å². The zero-order valence-electron chi connectivity index (χ0n) is 11.7. The molecular formula is C14H11F4NO3S. The maximum Gasteiger partial charge on any atom is 0.573 e. The predicted molar refractivity (Wildman–Crippen MR) is 75.1 cm³/mol. The lowest BCUT2D eigenvalue weighted by Crippen LogP contribution is -2.20. The van der Waals surface area contributed by atoms with E-state index in [-0.39, 0.29) is 16.1 Å². The zero-order chi connectivity index (χ0) is 17.3. The maximum absolute atomic E-state index is 13.1. The fourth-order valence-corrected chi connectivity index (χ4v) is 3.18. The van der Waals surface area contributed by atoms with Gasteiger partial charge in [0.1, 0.15) is 5.82 Å². The van der Waals surface area contributed by atoms with E-state index in [0.717, 1.165) is 30.3 Å². The van der Waals surface area contributed by atoms with Gasteiger partial charge >= 0.3 is 6.36 Å². The maximum atomic E-state index is 13.1. The first-order valence-corrected chi connectivity index (χ1v) is 7.70. The van der Waals surface area contributed by atoms with Crippen molar-refractivity contribution in [2.75, 3.05) is 4.72 Å². The first-order chi connectivity index (χ1) is 10.6. The molecule has 0 saturated heterocycles. The number of alkyl halides is 3. The van der Waals surface area contributed by atoms with Crippen LogP contribution in [0.2, 0.25) is 0 Å². The minimum absolute atomic E-state index is 0.117. The minimum atomic E-state index is -4.96. The highest BCUT2D eigenvalue weighted by molar-refractivity contribution is 7.92. The second-order valence-corrected chi connectivity index (χ2v) is 6.21. The van der Waals surface area contributed by atoms with Crippen LogP contribution in [0.4, 0.5) is 23.2 Å². The standard InChI is InChI=1S/C14H11F4NO3S/c1-9-8-10(15)6-7-13(9)23(20,21)19-11-4-2-3-5-12(11)22-14(16,17)18/h2-8,19H,1H3. The molecule has 124 valence electrons. The van der Waals surface area contributed by atoms with Crippen molar-refractivity contribution in [1.29, 1.82) is 0 Å². The largest absolute Gasteiger partial charge is 0.573 e. The number of para-hydroxylation sites is 2. The van der Waals surface area contributed by atoms with Crippen LogP contribution >= 0.6 is 0 Å². The van der Waals surface area contributed by atoms with E-state index in [1.165, 1.54) is 19.1 Å². The fraction of sp³-hybridized carbons (Fsp3) is 0.143. The number of anilines is 1. The summed E-state index contributed by atoms with van der Waals surface area (Å²) in [6.07, 6.45) is -4.96. The molecule has 0 unspecified atom stereocenters. The summed E-state index contributed by atoms with van der Waals surface area (Å²) < 4.78 is 80.4. The summed E-state index contributed by atoms with van der Waals surface area (Å²) in [5.41, 5.74) is -0.264. The molecule has 0 amide bonds. The first kappa shape index (κ1) is 17.1. The van der Waals surface area contributed by atoms with Crippen LogP contribution in [0, 0.1) is 12.7 Å². The topological polar surface area (TPSA) is 55.4 Å². The van der Waals surface area contributed by atoms with Crippen LogP contribution in [0.15, 0.2) is 47.4 Å². The van der Waals surface area contributed by atoms with Gasteiger partial charge in [-0.05, 0) is 42.8 Å². The summed E-state index contributed by atoms with van der Waals surface area (Å²) >= 11 is 0. The Morgan fingerprint density at radius 1 is 1.09 bits per heavy atom. The smallest absolute Gasteiger partial charge is 0.404 e. The number of sulfonamides is 1. The quantitative estimate of drug-likeness (QED) is 0.854. The van der Waals surface area contributed by atoms with Gasteiger partial charge in [-0.15, -0.1) is 13.2 Å². The lowest BCUT2D eigenvalue weighted by Gasteiger charge is -2.15. The Morgan fingerprint density at radius 3 is 2.35 bits per heavy atom. The summed E-state index contributed by atoms with van der Waals surface area (Å²) in [6, 6.07) is 7.69. The average molecular weight is 349 g/mol. The molecule has 23 heavy (non-hydrogen) atoms. The van der Waals surface area contributed by atoms with E-state index in [4.69, 9.17) is 0 Å². The molecule has 0 heterocycles. The summed E-state index contributed by atoms with van der Waals surface area (Å²) in [7, 11) is -4.20. The van der Waals surface area contributed by atoms with Gasteiger partial charge in [0.05, 0.1) is 10.6 Å². The molecule has 0 bridgehead atoms. The van der Waals surface area contributed by atoms with Gasteiger partial charge in [0, 0.05) is 0 Å². The Hall–Kier alpha value is -2.29. The monoisotopic (exact) mass is 349 g/mol. The SMILES string of the molecule is Cc1cc(F)ccc1S(=O)(=O)Nc1ccccc1OC(F)(F)F. The molecule has 2 rings (SSSR count). The highest BCUT2D eigenvalue weighted by atomic mass is 32.2. The van der Waals surface area contributed by atoms with Gasteiger partial charge in [0.15, 0.2) is 5.75 Å². The van der Waals surface area contributed by atoms with Crippen molar-refractivity contribution in [2.45, 2.75) is 18.2 Å². The van der Waals surface area contributed by atoms with Gasteiger partial charge in [-0.2, -0.15) is 0 Å². The number of halogens is 4. The van der Waals surface area contributed by atoms with E-state index in [1.54, 1.807) is 0 Å². The number of aryl methyl sites for hydroxylation is 1. The van der Waals surface area contributed by atoms with Crippen molar-refractivity contribution in [1.82, 2.24) is 0 Å². The lowest BCUT2D eigenvalue weighted by atomic mass is 10.2. The third-order valence-electron chi connectivity index (χ3n) is 2.78. The summed E-state index contributed by atoms with van der Waals surface area (Å²) in [5.74, 6) is -1.31. The highest BCUT2D eigenvalue weighted by Crippen LogP contribution is 2.31. The van der Waals surface area contributed by atoms with Crippen molar-refractivity contribution in [2.24, 2.45) is 0 Å². The van der Waals surface area contributed by atoms with E-state index in [1.807, 2.05) is 4.72 Å². The number of hydrogen-bond donors (Lipinski definition) is 1. The number of ether oxygens (including phenoxy) is 1. The Morgan fingerprint density at radius 2 is 1.74 bits per heavy atom. The minimum Gasteiger partial charge on any atom is -0.404 e. The molecule has 1 N–H and O–H groups in total. The van der Waals surface area contributed by atoms with Crippen LogP contribution in [0.1, 0.15) is 5.56 Å². The second-order valence-electron chi connectivity index (χ2n) is 4.56. The fourth-order valence-electron chi connectivity index (χ4n) is 1.88. The van der Waals surface area contributed by atoms with Crippen LogP contribution in [-0.4, -0.2) is 14.8 Å².